The Kier molecular flexibility index (Phi) is 18.7. The van der Waals surface area contributed by atoms with Crippen LogP contribution in [0, 0.1) is 0 Å². The maximum atomic E-state index is 17.1. The van der Waals surface area contributed by atoms with E-state index in [9.17, 15) is 111 Å². The van der Waals surface area contributed by atoms with Crippen molar-refractivity contribution < 1.29 is 192 Å². The number of fused-ring (bicyclic) bond motifs is 6. The summed E-state index contributed by atoms with van der Waals surface area (Å²) in [4.78, 5) is 90.6. The Bertz CT molecular complexity index is 5810. The summed E-state index contributed by atoms with van der Waals surface area (Å²) in [5.41, 5.74) is -11.2. The predicted octanol–water partition coefficient (Wildman–Crippen LogP) is 5.34. The van der Waals surface area contributed by atoms with Crippen LogP contribution in [0.3, 0.4) is 0 Å². The van der Waals surface area contributed by atoms with Gasteiger partial charge < -0.3 is 163 Å². The zero-order chi connectivity index (χ0) is 84.2. The lowest BCUT2D eigenvalue weighted by Crippen LogP contribution is -2.43. The fourth-order valence-electron chi connectivity index (χ4n) is 14.8. The highest BCUT2D eigenvalue weighted by Crippen LogP contribution is 2.65. The number of carbonyl (C=O) groups is 6. The summed E-state index contributed by atoms with van der Waals surface area (Å²) in [7, 11) is 5.90. The van der Waals surface area contributed by atoms with E-state index in [1.54, 1.807) is 0 Å². The zero-order valence-corrected chi connectivity index (χ0v) is 60.8. The van der Waals surface area contributed by atoms with Gasteiger partial charge in [0.15, 0.2) is 152 Å². The molecule has 0 aromatic heterocycles. The van der Waals surface area contributed by atoms with E-state index >= 15 is 14.4 Å². The van der Waals surface area contributed by atoms with Gasteiger partial charge in [-0.1, -0.05) is 0 Å². The molecule has 39 heteroatoms. The molecule has 9 aromatic carbocycles. The molecule has 9 unspecified atom stereocenters. The van der Waals surface area contributed by atoms with Crippen molar-refractivity contribution in [1.82, 2.24) is 0 Å². The van der Waals surface area contributed by atoms with Crippen LogP contribution in [-0.4, -0.2) is 231 Å². The third-order valence-electron chi connectivity index (χ3n) is 20.3. The molecule has 39 nitrogen and oxygen atoms in total. The first-order valence-corrected chi connectivity index (χ1v) is 34.3. The first-order valence-electron chi connectivity index (χ1n) is 34.3. The number of Topliss-reactive ketones (excluding diaryl/α,β-unsaturated/α-hetero) is 6. The van der Waals surface area contributed by atoms with Crippen LogP contribution in [0.4, 0.5) is 0 Å². The third kappa shape index (κ3) is 11.6. The van der Waals surface area contributed by atoms with Crippen molar-refractivity contribution in [1.29, 1.82) is 0 Å². The number of hydrogen-bond acceptors (Lipinski definition) is 39. The molecule has 0 bridgehead atoms. The Labute approximate surface area is 652 Å². The standard InChI is InChI=1S/C78H62O39/c1-104-35-16-36-43(58(97)40(35)23-13-37(105-2)55(94)44-52(91)32(85)17-110-68(23)44)62(101)75(66(113-36)21-9-28(81)50(89)29(82)10-21)116-78-72(109-6)42(25-15-39(107-4)57(96)46-54(93)34(87)19-112-70(25)46)60(99)48-63(102)76(67(115-74(48)78)22-11-30(83)51(90)31(84)12-22)117-77-71(108-5)41(24-14-38(106-3)56(95)45-53(92)33(86)18-111-69(24)45)59(98)47-61(100)64(103)65(114-73(47)77)20-7-26(79)49(88)27(80)8-20/h7-16,32-34,64-67,75-76,79-90,94-99,103H,17-19H2,1-6H3. The minimum absolute atomic E-state index is 0.362. The highest BCUT2D eigenvalue weighted by Gasteiger charge is 2.54. The number of aromatic hydroxyl groups is 15. The summed E-state index contributed by atoms with van der Waals surface area (Å²) < 4.78 is 85.2. The SMILES string of the molecule is COc1cc(-c2c(OC)cc3c(c2O)C(=O)C(Oc2c4c(c(O)c(-c5cc(OC)c(O)c6c5OCC(O)C6=O)c2OC)C(=O)C(Oc2c5c(c(O)c(-c6cc(OC)c(O)c7c6OCC(O)C7=O)c2OC)C(=O)C(O)C(c2cc(O)c(O)c(O)c2)O5)C(c2cc(O)c(O)c(O)c2)O4)C(c2cc(O)c(O)c(O)c2)O3)c2c(c1O)C(=O)C(O)CO2. The molecule has 0 amide bonds. The Morgan fingerprint density at radius 1 is 0.282 bits per heavy atom. The van der Waals surface area contributed by atoms with Crippen molar-refractivity contribution >= 4 is 34.7 Å². The van der Waals surface area contributed by atoms with E-state index in [0.29, 0.717) is 12.1 Å². The van der Waals surface area contributed by atoms with Crippen molar-refractivity contribution in [3.05, 3.63) is 111 Å². The van der Waals surface area contributed by atoms with Crippen LogP contribution in [-0.2, 0) is 0 Å². The summed E-state index contributed by atoms with van der Waals surface area (Å²) in [5.74, 6) is -36.1. The van der Waals surface area contributed by atoms with Gasteiger partial charge in [-0.25, -0.2) is 0 Å². The first-order chi connectivity index (χ1) is 55.7. The van der Waals surface area contributed by atoms with Gasteiger partial charge in [-0.05, 0) is 54.6 Å². The average Bonchev–Trinajstić information content (AvgIpc) is 0.714. The van der Waals surface area contributed by atoms with Gasteiger partial charge in [0.25, 0.3) is 0 Å². The number of ether oxygens (including phenoxy) is 14. The highest BCUT2D eigenvalue weighted by atomic mass is 16.6. The monoisotopic (exact) mass is 1620 g/mol. The molecule has 6 aliphatic heterocycles. The van der Waals surface area contributed by atoms with Crippen molar-refractivity contribution in [2.24, 2.45) is 0 Å². The van der Waals surface area contributed by atoms with Crippen LogP contribution in [0.15, 0.2) is 60.7 Å². The second-order valence-corrected chi connectivity index (χ2v) is 26.8. The molecule has 0 saturated carbocycles. The van der Waals surface area contributed by atoms with Gasteiger partial charge in [0, 0.05) is 39.4 Å². The molecule has 9 atom stereocenters. The molecule has 0 spiro atoms. The topological polar surface area (TPSA) is 616 Å². The van der Waals surface area contributed by atoms with Crippen molar-refractivity contribution in [2.45, 2.75) is 54.9 Å². The highest BCUT2D eigenvalue weighted by molar-refractivity contribution is 6.16. The van der Waals surface area contributed by atoms with E-state index in [0.717, 1.165) is 91.2 Å². The first kappa shape index (κ1) is 77.4. The molecule has 608 valence electrons. The van der Waals surface area contributed by atoms with E-state index in [1.807, 2.05) is 0 Å². The largest absolute Gasteiger partial charge is 0.506 e. The lowest BCUT2D eigenvalue weighted by atomic mass is 9.86. The van der Waals surface area contributed by atoms with Gasteiger partial charge in [-0.15, -0.1) is 0 Å². The molecule has 0 radical (unpaired) electrons. The molecule has 0 saturated heterocycles. The average molecular weight is 1620 g/mol. The number of ketones is 6. The maximum absolute atomic E-state index is 17.1. The molecule has 0 aliphatic carbocycles. The second kappa shape index (κ2) is 28.3. The fraction of sp³-hybridized carbons (Fsp3) is 0.231. The summed E-state index contributed by atoms with van der Waals surface area (Å²) in [6.07, 6.45) is -20.7. The Morgan fingerprint density at radius 3 is 0.932 bits per heavy atom. The van der Waals surface area contributed by atoms with Gasteiger partial charge in [0.1, 0.15) is 99.2 Å². The molecule has 117 heavy (non-hydrogen) atoms. The summed E-state index contributed by atoms with van der Waals surface area (Å²) >= 11 is 0. The molecule has 6 aliphatic rings. The number of aliphatic hydroxyl groups is 4. The number of hydrogen-bond donors (Lipinski definition) is 19. The predicted molar refractivity (Wildman–Crippen MR) is 385 cm³/mol. The summed E-state index contributed by atoms with van der Waals surface area (Å²) in [6.45, 7) is -2.49. The van der Waals surface area contributed by atoms with Crippen LogP contribution in [0.25, 0.3) is 33.4 Å². The minimum Gasteiger partial charge on any atom is -0.506 e. The van der Waals surface area contributed by atoms with E-state index in [4.69, 9.17) is 66.3 Å². The third-order valence-corrected chi connectivity index (χ3v) is 20.3. The number of rotatable bonds is 16. The van der Waals surface area contributed by atoms with E-state index in [-0.39, 0.29) is 5.56 Å². The van der Waals surface area contributed by atoms with Gasteiger partial charge in [-0.2, -0.15) is 0 Å². The van der Waals surface area contributed by atoms with Crippen molar-refractivity contribution in [2.75, 3.05) is 62.5 Å². The molecule has 6 heterocycles. The zero-order valence-electron chi connectivity index (χ0n) is 60.8. The fourth-order valence-corrected chi connectivity index (χ4v) is 14.8. The summed E-state index contributed by atoms with van der Waals surface area (Å²) in [6, 6.07) is 8.16. The lowest BCUT2D eigenvalue weighted by molar-refractivity contribution is 0.0103. The van der Waals surface area contributed by atoms with E-state index < -0.39 is 354 Å². The molecule has 0 fully saturated rings. The molecular formula is C78H62O39. The number of phenolic OH excluding ortho intramolecular Hbond substituents is 15. The summed E-state index contributed by atoms with van der Waals surface area (Å²) in [5, 5.41) is 217. The van der Waals surface area contributed by atoms with Crippen LogP contribution in [0.5, 0.6) is 167 Å². The van der Waals surface area contributed by atoms with Crippen LogP contribution in [0.2, 0.25) is 0 Å². The van der Waals surface area contributed by atoms with Gasteiger partial charge in [-0.3, -0.25) is 28.8 Å². The second-order valence-electron chi connectivity index (χ2n) is 26.8. The lowest BCUT2D eigenvalue weighted by Gasteiger charge is -2.38. The minimum atomic E-state index is -2.77. The van der Waals surface area contributed by atoms with Crippen LogP contribution < -0.4 is 66.3 Å². The molecular weight excluding hydrogens is 1560 g/mol. The van der Waals surface area contributed by atoms with E-state index in [1.165, 1.54) is 0 Å². The van der Waals surface area contributed by atoms with Gasteiger partial charge in [0.05, 0.1) is 59.3 Å². The van der Waals surface area contributed by atoms with Crippen LogP contribution in [0.1, 0.15) is 97.2 Å². The smallest absolute Gasteiger partial charge is 0.215 e. The maximum Gasteiger partial charge on any atom is 0.215 e. The van der Waals surface area contributed by atoms with Gasteiger partial charge in [0.2, 0.25) is 58.4 Å². The van der Waals surface area contributed by atoms with E-state index in [2.05, 4.69) is 0 Å². The molecule has 15 rings (SSSR count). The Morgan fingerprint density at radius 2 is 0.581 bits per heavy atom. The Hall–Kier alpha value is -15.0. The van der Waals surface area contributed by atoms with Crippen LogP contribution >= 0.6 is 0 Å². The van der Waals surface area contributed by atoms with Crippen molar-refractivity contribution in [3.63, 3.8) is 0 Å². The number of benzene rings is 9. The quantitative estimate of drug-likeness (QED) is 0.0543. The Balaban J connectivity index is 1.03. The normalized spacial score (nSPS) is 20.2. The molecule has 19 N–H and O–H groups in total. The van der Waals surface area contributed by atoms with Gasteiger partial charge >= 0.3 is 0 Å². The number of carbonyl (C=O) groups excluding carboxylic acids is 6. The number of methoxy groups -OCH3 is 6. The molecule has 9 aromatic rings. The van der Waals surface area contributed by atoms with Crippen molar-refractivity contribution in [3.8, 4) is 200 Å². The number of aliphatic hydroxyl groups excluding tert-OH is 4. The number of phenols is 15.